The number of nitrogens with zero attached hydrogens (tertiary/aromatic N) is 2. The first-order valence-electron chi connectivity index (χ1n) is 10.7. The minimum Gasteiger partial charge on any atom is -0.465 e. The molecule has 3 aromatic rings. The zero-order valence-electron chi connectivity index (χ0n) is 18.4. The lowest BCUT2D eigenvalue weighted by molar-refractivity contribution is -0.138. The van der Waals surface area contributed by atoms with Gasteiger partial charge in [-0.2, -0.15) is 0 Å². The van der Waals surface area contributed by atoms with E-state index in [9.17, 15) is 14.7 Å². The summed E-state index contributed by atoms with van der Waals surface area (Å²) in [6, 6.07) is 11.6. The third-order valence-corrected chi connectivity index (χ3v) is 6.81. The Morgan fingerprint density at radius 1 is 1.22 bits per heavy atom. The Labute approximate surface area is 195 Å². The molecule has 2 amide bonds. The Morgan fingerprint density at radius 3 is 2.66 bits per heavy atom. The van der Waals surface area contributed by atoms with Crippen molar-refractivity contribution in [2.45, 2.75) is 45.2 Å². The molecule has 7 nitrogen and oxygen atoms in total. The van der Waals surface area contributed by atoms with Crippen molar-refractivity contribution in [2.24, 2.45) is 5.92 Å². The van der Waals surface area contributed by atoms with E-state index in [2.05, 4.69) is 61.5 Å². The molecule has 1 aromatic heterocycles. The monoisotopic (exact) mass is 498 g/mol. The number of fused-ring (bicyclic) bond motifs is 1. The summed E-state index contributed by atoms with van der Waals surface area (Å²) < 4.78 is 1.04. The number of hydrogen-bond acceptors (Lipinski definition) is 3. The Morgan fingerprint density at radius 2 is 1.94 bits per heavy atom. The van der Waals surface area contributed by atoms with E-state index in [1.54, 1.807) is 11.1 Å². The first kappa shape index (κ1) is 22.3. The molecule has 0 spiro atoms. The van der Waals surface area contributed by atoms with Crippen LogP contribution in [0.2, 0.25) is 0 Å². The second-order valence-corrected chi connectivity index (χ2v) is 9.81. The lowest BCUT2D eigenvalue weighted by atomic mass is 9.95. The van der Waals surface area contributed by atoms with Crippen LogP contribution in [0.4, 0.5) is 4.79 Å². The van der Waals surface area contributed by atoms with Crippen LogP contribution in [0.3, 0.4) is 0 Å². The summed E-state index contributed by atoms with van der Waals surface area (Å²) in [5, 5.41) is 13.9. The summed E-state index contributed by atoms with van der Waals surface area (Å²) in [4.78, 5) is 34.4. The van der Waals surface area contributed by atoms with Crippen molar-refractivity contribution in [3.8, 4) is 11.3 Å². The summed E-state index contributed by atoms with van der Waals surface area (Å²) in [5.74, 6) is 0.344. The molecule has 2 aromatic carbocycles. The van der Waals surface area contributed by atoms with Crippen LogP contribution in [-0.2, 0) is 10.3 Å². The van der Waals surface area contributed by atoms with Crippen LogP contribution in [0, 0.1) is 5.92 Å². The number of carboxylic acid groups (broad SMARTS) is 1. The highest BCUT2D eigenvalue weighted by Crippen LogP contribution is 2.38. The zero-order chi connectivity index (χ0) is 23.0. The van der Waals surface area contributed by atoms with Crippen molar-refractivity contribution in [1.82, 2.24) is 20.2 Å². The van der Waals surface area contributed by atoms with Gasteiger partial charge in [0.25, 0.3) is 0 Å². The molecule has 8 heteroatoms. The summed E-state index contributed by atoms with van der Waals surface area (Å²) in [6.45, 7) is 6.25. The number of hydrogen-bond donors (Lipinski definition) is 3. The quantitative estimate of drug-likeness (QED) is 0.454. The van der Waals surface area contributed by atoms with Gasteiger partial charge < -0.3 is 20.3 Å². The topological polar surface area (TPSA) is 98.3 Å². The molecule has 0 bridgehead atoms. The molecule has 2 atom stereocenters. The van der Waals surface area contributed by atoms with Gasteiger partial charge in [0.15, 0.2) is 0 Å². The minimum absolute atomic E-state index is 0.159. The standard InChI is InChI=1S/C24H27BrN4O3/c1-14(2)20(28-23(31)32)21(30)29-10-4-9-24(29,3)22-26-13-19(27-22)17-6-5-16-12-18(25)8-7-15(16)11-17/h5-8,11-14,20,28H,4,9-10H2,1-3H3,(H,26,27)(H,31,32). The summed E-state index contributed by atoms with van der Waals surface area (Å²) in [6.07, 6.45) is 2.20. The molecule has 2 heterocycles. The molecule has 0 aliphatic carbocycles. The fraction of sp³-hybridized carbons (Fsp3) is 0.375. The van der Waals surface area contributed by atoms with Gasteiger partial charge in [-0.05, 0) is 54.7 Å². The number of aromatic nitrogens is 2. The highest BCUT2D eigenvalue weighted by molar-refractivity contribution is 9.10. The van der Waals surface area contributed by atoms with E-state index in [1.165, 1.54) is 0 Å². The van der Waals surface area contributed by atoms with Crippen molar-refractivity contribution in [2.75, 3.05) is 6.54 Å². The molecular formula is C24H27BrN4O3. The van der Waals surface area contributed by atoms with Gasteiger partial charge in [-0.15, -0.1) is 0 Å². The molecule has 1 aliphatic rings. The van der Waals surface area contributed by atoms with Crippen molar-refractivity contribution in [1.29, 1.82) is 0 Å². The molecule has 2 unspecified atom stereocenters. The lowest BCUT2D eigenvalue weighted by Crippen LogP contribution is -2.54. The summed E-state index contributed by atoms with van der Waals surface area (Å²) in [7, 11) is 0. The number of carbonyl (C=O) groups is 2. The van der Waals surface area contributed by atoms with Gasteiger partial charge >= 0.3 is 6.09 Å². The van der Waals surface area contributed by atoms with Gasteiger partial charge in [-0.1, -0.05) is 48.0 Å². The fourth-order valence-corrected chi connectivity index (χ4v) is 4.88. The molecule has 0 saturated carbocycles. The first-order valence-corrected chi connectivity index (χ1v) is 11.5. The van der Waals surface area contributed by atoms with Gasteiger partial charge in [0.1, 0.15) is 11.9 Å². The average Bonchev–Trinajstić information content (AvgIpc) is 3.39. The number of H-pyrrole nitrogens is 1. The van der Waals surface area contributed by atoms with Crippen LogP contribution in [0.15, 0.2) is 47.1 Å². The molecule has 1 fully saturated rings. The molecule has 1 saturated heterocycles. The number of halogens is 1. The summed E-state index contributed by atoms with van der Waals surface area (Å²) in [5.41, 5.74) is 1.28. The normalized spacial score (nSPS) is 19.5. The van der Waals surface area contributed by atoms with E-state index in [1.807, 2.05) is 26.8 Å². The van der Waals surface area contributed by atoms with Crippen molar-refractivity contribution >= 4 is 38.7 Å². The highest BCUT2D eigenvalue weighted by atomic mass is 79.9. The SMILES string of the molecule is CC(C)C(NC(=O)O)C(=O)N1CCCC1(C)c1ncc(-c2ccc3cc(Br)ccc3c2)[nH]1. The predicted molar refractivity (Wildman–Crippen MR) is 127 cm³/mol. The molecule has 1 aliphatic heterocycles. The van der Waals surface area contributed by atoms with Gasteiger partial charge in [0.2, 0.25) is 5.91 Å². The highest BCUT2D eigenvalue weighted by Gasteiger charge is 2.45. The second-order valence-electron chi connectivity index (χ2n) is 8.89. The average molecular weight is 499 g/mol. The number of aromatic amines is 1. The van der Waals surface area contributed by atoms with Crippen LogP contribution >= 0.6 is 15.9 Å². The maximum absolute atomic E-state index is 13.3. The van der Waals surface area contributed by atoms with Crippen molar-refractivity contribution < 1.29 is 14.7 Å². The molecule has 32 heavy (non-hydrogen) atoms. The largest absolute Gasteiger partial charge is 0.465 e. The smallest absolute Gasteiger partial charge is 0.405 e. The second kappa shape index (κ2) is 8.58. The van der Waals surface area contributed by atoms with E-state index in [4.69, 9.17) is 0 Å². The number of likely N-dealkylation sites (tertiary alicyclic amines) is 1. The number of rotatable bonds is 5. The van der Waals surface area contributed by atoms with E-state index in [0.29, 0.717) is 12.4 Å². The Hall–Kier alpha value is -2.87. The van der Waals surface area contributed by atoms with E-state index in [-0.39, 0.29) is 11.8 Å². The number of benzene rings is 2. The van der Waals surface area contributed by atoms with Crippen LogP contribution < -0.4 is 5.32 Å². The Bertz CT molecular complexity index is 1180. The lowest BCUT2D eigenvalue weighted by Gasteiger charge is -2.36. The van der Waals surface area contributed by atoms with Gasteiger partial charge in [0.05, 0.1) is 17.4 Å². The molecule has 0 radical (unpaired) electrons. The molecule has 3 N–H and O–H groups in total. The predicted octanol–water partition coefficient (Wildman–Crippen LogP) is 5.12. The van der Waals surface area contributed by atoms with Crippen molar-refractivity contribution in [3.05, 3.63) is 52.9 Å². The maximum Gasteiger partial charge on any atom is 0.405 e. The fourth-order valence-electron chi connectivity index (χ4n) is 4.50. The van der Waals surface area contributed by atoms with E-state index in [0.717, 1.165) is 39.3 Å². The third kappa shape index (κ3) is 4.11. The molecule has 168 valence electrons. The van der Waals surface area contributed by atoms with Crippen LogP contribution in [0.25, 0.3) is 22.0 Å². The summed E-state index contributed by atoms with van der Waals surface area (Å²) >= 11 is 3.51. The van der Waals surface area contributed by atoms with E-state index >= 15 is 0 Å². The maximum atomic E-state index is 13.3. The van der Waals surface area contributed by atoms with Gasteiger partial charge in [-0.25, -0.2) is 9.78 Å². The number of amides is 2. The number of imidazole rings is 1. The third-order valence-electron chi connectivity index (χ3n) is 6.32. The number of nitrogens with one attached hydrogen (secondary N) is 2. The zero-order valence-corrected chi connectivity index (χ0v) is 19.9. The first-order chi connectivity index (χ1) is 15.2. The Kier molecular flexibility index (Phi) is 5.99. The van der Waals surface area contributed by atoms with Crippen LogP contribution in [0.1, 0.15) is 39.4 Å². The van der Waals surface area contributed by atoms with Gasteiger partial charge in [-0.3, -0.25) is 4.79 Å². The Balaban J connectivity index is 1.64. The van der Waals surface area contributed by atoms with Crippen LogP contribution in [0.5, 0.6) is 0 Å². The van der Waals surface area contributed by atoms with E-state index < -0.39 is 17.7 Å². The van der Waals surface area contributed by atoms with Crippen molar-refractivity contribution in [3.63, 3.8) is 0 Å². The molecular weight excluding hydrogens is 472 g/mol. The minimum atomic E-state index is -1.19. The molecule has 4 rings (SSSR count). The number of carbonyl (C=O) groups excluding carboxylic acids is 1. The van der Waals surface area contributed by atoms with Crippen LogP contribution in [-0.4, -0.2) is 44.6 Å². The van der Waals surface area contributed by atoms with Gasteiger partial charge in [0, 0.05) is 16.6 Å².